The number of aliphatic imine (C=N–C) groups is 1. The first-order valence-corrected chi connectivity index (χ1v) is 9.16. The van der Waals surface area contributed by atoms with Crippen molar-refractivity contribution >= 4 is 29.0 Å². The molecule has 1 amide bonds. The predicted octanol–water partition coefficient (Wildman–Crippen LogP) is 2.01. The van der Waals surface area contributed by atoms with Gasteiger partial charge in [-0.1, -0.05) is 12.1 Å². The lowest BCUT2D eigenvalue weighted by molar-refractivity contribution is 0.1000. The number of pyridine rings is 2. The van der Waals surface area contributed by atoms with Crippen LogP contribution in [-0.4, -0.2) is 26.2 Å². The Kier molecular flexibility index (Phi) is 5.00. The number of hydrogen-bond acceptors (Lipinski definition) is 5. The Morgan fingerprint density at radius 1 is 1.07 bits per heavy atom. The number of guanidine groups is 1. The molecule has 0 fully saturated rings. The molecule has 3 heterocycles. The summed E-state index contributed by atoms with van der Waals surface area (Å²) in [5, 5.41) is 3.41. The van der Waals surface area contributed by atoms with Gasteiger partial charge in [0.15, 0.2) is 5.96 Å². The fourth-order valence-electron chi connectivity index (χ4n) is 3.09. The summed E-state index contributed by atoms with van der Waals surface area (Å²) < 4.78 is 1.82. The number of anilines is 1. The first-order chi connectivity index (χ1) is 14.5. The number of nitrogens with two attached hydrogens (primary N) is 3. The van der Waals surface area contributed by atoms with Crippen molar-refractivity contribution in [2.24, 2.45) is 22.2 Å². The smallest absolute Gasteiger partial charge is 0.250 e. The van der Waals surface area contributed by atoms with Crippen LogP contribution in [-0.2, 0) is 6.54 Å². The Bertz CT molecular complexity index is 1230. The third-order valence-electron chi connectivity index (χ3n) is 4.49. The van der Waals surface area contributed by atoms with Gasteiger partial charge in [-0.15, -0.1) is 0 Å². The Balaban J connectivity index is 1.71. The molecule has 0 bridgehead atoms. The maximum absolute atomic E-state index is 11.6. The monoisotopic (exact) mass is 400 g/mol. The molecule has 0 aliphatic carbocycles. The highest BCUT2D eigenvalue weighted by Gasteiger charge is 2.15. The molecule has 0 spiro atoms. The van der Waals surface area contributed by atoms with Gasteiger partial charge in [-0.2, -0.15) is 0 Å². The number of benzene rings is 1. The maximum Gasteiger partial charge on any atom is 0.250 e. The Hall–Kier alpha value is -4.40. The van der Waals surface area contributed by atoms with Gasteiger partial charge in [-0.05, 0) is 42.0 Å². The number of primary amides is 1. The molecule has 0 atom stereocenters. The van der Waals surface area contributed by atoms with Crippen LogP contribution in [0.15, 0.2) is 72.1 Å². The summed E-state index contributed by atoms with van der Waals surface area (Å²) in [5.41, 5.74) is 20.6. The quantitative estimate of drug-likeness (QED) is 0.287. The van der Waals surface area contributed by atoms with E-state index >= 15 is 0 Å². The van der Waals surface area contributed by atoms with Crippen LogP contribution in [0.5, 0.6) is 0 Å². The second kappa shape index (κ2) is 7.92. The number of imidazole rings is 1. The highest BCUT2D eigenvalue weighted by Crippen LogP contribution is 2.29. The molecule has 0 unspecified atom stereocenters. The van der Waals surface area contributed by atoms with Crippen LogP contribution in [0, 0.1) is 0 Å². The highest BCUT2D eigenvalue weighted by atomic mass is 16.1. The highest BCUT2D eigenvalue weighted by molar-refractivity contribution is 5.93. The van der Waals surface area contributed by atoms with E-state index in [0.717, 1.165) is 22.6 Å². The van der Waals surface area contributed by atoms with E-state index in [4.69, 9.17) is 22.2 Å². The zero-order valence-electron chi connectivity index (χ0n) is 16.0. The Labute approximate surface area is 172 Å². The van der Waals surface area contributed by atoms with Crippen molar-refractivity contribution < 1.29 is 4.79 Å². The molecule has 9 nitrogen and oxygen atoms in total. The second-order valence-electron chi connectivity index (χ2n) is 6.62. The van der Waals surface area contributed by atoms with Gasteiger partial charge in [0.05, 0.1) is 11.3 Å². The van der Waals surface area contributed by atoms with Crippen LogP contribution >= 0.6 is 0 Å². The molecule has 0 radical (unpaired) electrons. The number of hydrogen-bond donors (Lipinski definition) is 4. The van der Waals surface area contributed by atoms with E-state index in [1.807, 2.05) is 40.8 Å². The maximum atomic E-state index is 11.6. The normalized spacial score (nSPS) is 10.7. The molecule has 150 valence electrons. The zero-order valence-corrected chi connectivity index (χ0v) is 16.0. The van der Waals surface area contributed by atoms with Crippen molar-refractivity contribution in [2.75, 3.05) is 5.32 Å². The van der Waals surface area contributed by atoms with Crippen molar-refractivity contribution in [3.8, 4) is 11.3 Å². The Morgan fingerprint density at radius 3 is 2.53 bits per heavy atom. The van der Waals surface area contributed by atoms with Crippen LogP contribution in [0.2, 0.25) is 0 Å². The van der Waals surface area contributed by atoms with Crippen LogP contribution in [0.1, 0.15) is 15.9 Å². The lowest BCUT2D eigenvalue weighted by Gasteiger charge is -2.10. The van der Waals surface area contributed by atoms with E-state index in [2.05, 4.69) is 15.3 Å². The largest absolute Gasteiger partial charge is 0.370 e. The first kappa shape index (κ1) is 18.9. The molecule has 1 aromatic carbocycles. The van der Waals surface area contributed by atoms with E-state index in [-0.39, 0.29) is 5.96 Å². The van der Waals surface area contributed by atoms with E-state index in [0.29, 0.717) is 23.4 Å². The van der Waals surface area contributed by atoms with Crippen molar-refractivity contribution in [2.45, 2.75) is 6.54 Å². The van der Waals surface area contributed by atoms with Gasteiger partial charge in [0, 0.05) is 30.7 Å². The van der Waals surface area contributed by atoms with Gasteiger partial charge in [0.2, 0.25) is 5.91 Å². The Morgan fingerprint density at radius 2 is 1.87 bits per heavy atom. The second-order valence-corrected chi connectivity index (χ2v) is 6.62. The van der Waals surface area contributed by atoms with Gasteiger partial charge < -0.3 is 22.5 Å². The number of fused-ring (bicyclic) bond motifs is 1. The number of carbonyl (C=O) groups excluding carboxylic acids is 1. The molecular weight excluding hydrogens is 380 g/mol. The number of nitrogens with one attached hydrogen (secondary N) is 1. The SMILES string of the molecule is NC(=O)c1ccc2nc(-c3cccnc3)c(NCc3ccc(N=C(N)N)cc3)n2c1. The molecule has 0 saturated heterocycles. The molecular formula is C21H20N8O. The van der Waals surface area contributed by atoms with E-state index in [1.54, 1.807) is 30.7 Å². The number of amides is 1. The van der Waals surface area contributed by atoms with Crippen molar-refractivity contribution in [1.29, 1.82) is 0 Å². The van der Waals surface area contributed by atoms with Gasteiger partial charge in [-0.3, -0.25) is 14.2 Å². The molecule has 0 aliphatic heterocycles. The average molecular weight is 400 g/mol. The lowest BCUT2D eigenvalue weighted by Crippen LogP contribution is -2.21. The number of aromatic nitrogens is 3. The molecule has 9 heteroatoms. The molecule has 4 rings (SSSR count). The van der Waals surface area contributed by atoms with Crippen molar-refractivity contribution in [3.63, 3.8) is 0 Å². The molecule has 30 heavy (non-hydrogen) atoms. The molecule has 7 N–H and O–H groups in total. The van der Waals surface area contributed by atoms with E-state index in [9.17, 15) is 4.79 Å². The third-order valence-corrected chi connectivity index (χ3v) is 4.49. The molecule has 0 saturated carbocycles. The van der Waals surface area contributed by atoms with Crippen LogP contribution in [0.25, 0.3) is 16.9 Å². The van der Waals surface area contributed by atoms with Crippen LogP contribution in [0.4, 0.5) is 11.5 Å². The third kappa shape index (κ3) is 3.90. The molecule has 0 aliphatic rings. The summed E-state index contributed by atoms with van der Waals surface area (Å²) in [5.74, 6) is 0.238. The van der Waals surface area contributed by atoms with Crippen molar-refractivity contribution in [1.82, 2.24) is 14.4 Å². The number of rotatable bonds is 6. The average Bonchev–Trinajstić information content (AvgIpc) is 3.11. The summed E-state index contributed by atoms with van der Waals surface area (Å²) in [6.07, 6.45) is 5.12. The summed E-state index contributed by atoms with van der Waals surface area (Å²) in [4.78, 5) is 24.6. The zero-order chi connectivity index (χ0) is 21.1. The topological polar surface area (TPSA) is 150 Å². The number of nitrogens with zero attached hydrogens (tertiary/aromatic N) is 4. The predicted molar refractivity (Wildman–Crippen MR) is 116 cm³/mol. The summed E-state index contributed by atoms with van der Waals surface area (Å²) >= 11 is 0. The van der Waals surface area contributed by atoms with Crippen LogP contribution < -0.4 is 22.5 Å². The fourth-order valence-corrected chi connectivity index (χ4v) is 3.09. The van der Waals surface area contributed by atoms with Gasteiger partial charge >= 0.3 is 0 Å². The summed E-state index contributed by atoms with van der Waals surface area (Å²) in [7, 11) is 0. The van der Waals surface area contributed by atoms with Gasteiger partial charge in [-0.25, -0.2) is 9.98 Å². The molecule has 3 aromatic heterocycles. The number of carbonyl (C=O) groups is 1. The van der Waals surface area contributed by atoms with Gasteiger partial charge in [0.1, 0.15) is 17.2 Å². The van der Waals surface area contributed by atoms with Gasteiger partial charge in [0.25, 0.3) is 0 Å². The minimum Gasteiger partial charge on any atom is -0.370 e. The van der Waals surface area contributed by atoms with E-state index in [1.165, 1.54) is 0 Å². The van der Waals surface area contributed by atoms with Crippen LogP contribution in [0.3, 0.4) is 0 Å². The van der Waals surface area contributed by atoms with E-state index < -0.39 is 5.91 Å². The standard InChI is InChI=1S/C21H20N8O/c22-19(30)15-5-8-17-28-18(14-2-1-9-25-11-14)20(29(17)12-15)26-10-13-3-6-16(7-4-13)27-21(23)24/h1-9,11-12,26H,10H2,(H2,22,30)(H4,23,24,27). The lowest BCUT2D eigenvalue weighted by atomic mass is 10.2. The molecule has 4 aromatic rings. The summed E-state index contributed by atoms with van der Waals surface area (Å²) in [6.45, 7) is 0.518. The minimum atomic E-state index is -0.505. The minimum absolute atomic E-state index is 0.0120. The summed E-state index contributed by atoms with van der Waals surface area (Å²) in [6, 6.07) is 14.7. The first-order valence-electron chi connectivity index (χ1n) is 9.16. The fraction of sp³-hybridized carbons (Fsp3) is 0.0476. The van der Waals surface area contributed by atoms with Crippen molar-refractivity contribution in [3.05, 3.63) is 78.2 Å².